The molecule has 180 valence electrons. The van der Waals surface area contributed by atoms with E-state index in [-0.39, 0.29) is 18.3 Å². The molecule has 2 atom stereocenters. The fourth-order valence-electron chi connectivity index (χ4n) is 3.95. The molecule has 1 aromatic heterocycles. The second kappa shape index (κ2) is 10.6. The third-order valence-corrected chi connectivity index (χ3v) is 7.86. The fraction of sp³-hybridized carbons (Fsp3) is 0.222. The van der Waals surface area contributed by atoms with Crippen LogP contribution in [0.4, 0.5) is 0 Å². The lowest BCUT2D eigenvalue weighted by Crippen LogP contribution is -2.57. The fourth-order valence-corrected chi connectivity index (χ4v) is 5.41. The first-order valence-electron chi connectivity index (χ1n) is 11.1. The molecular formula is C27H26N2O4S2. The van der Waals surface area contributed by atoms with Crippen molar-refractivity contribution < 1.29 is 19.4 Å². The lowest BCUT2D eigenvalue weighted by Gasteiger charge is -2.28. The molecule has 35 heavy (non-hydrogen) atoms. The van der Waals surface area contributed by atoms with E-state index in [0.29, 0.717) is 16.3 Å². The maximum Gasteiger partial charge on any atom is 0.331 e. The number of nitrogens with two attached hydrogens (primary N) is 1. The first-order valence-corrected chi connectivity index (χ1v) is 13.2. The number of ketones is 1. The smallest absolute Gasteiger partial charge is 0.331 e. The van der Waals surface area contributed by atoms with E-state index in [4.69, 9.17) is 10.5 Å². The van der Waals surface area contributed by atoms with Crippen LogP contribution in [0.1, 0.15) is 22.3 Å². The SMILES string of the molecule is CSC(COc1nc2ccccc2s1)C[C@](N)(C(=O)O)C(=O)c1ccccc1-c1ccccc1C. The van der Waals surface area contributed by atoms with Crippen LogP contribution in [0.3, 0.4) is 0 Å². The number of carbonyl (C=O) groups is 2. The number of Topliss-reactive ketones (excluding diaryl/α,β-unsaturated/α-hetero) is 1. The first kappa shape index (κ1) is 24.9. The monoisotopic (exact) mass is 506 g/mol. The Morgan fingerprint density at radius 1 is 1.06 bits per heavy atom. The number of para-hydroxylation sites is 1. The molecule has 0 saturated heterocycles. The topological polar surface area (TPSA) is 103 Å². The summed E-state index contributed by atoms with van der Waals surface area (Å²) in [6.07, 6.45) is 1.76. The number of carbonyl (C=O) groups excluding carboxylic acids is 1. The average Bonchev–Trinajstić information content (AvgIpc) is 3.29. The maximum absolute atomic E-state index is 13.7. The van der Waals surface area contributed by atoms with Crippen molar-refractivity contribution in [3.8, 4) is 16.3 Å². The zero-order valence-electron chi connectivity index (χ0n) is 19.4. The Bertz CT molecular complexity index is 1340. The molecule has 0 fully saturated rings. The van der Waals surface area contributed by atoms with Gasteiger partial charge in [0.2, 0.25) is 0 Å². The quantitative estimate of drug-likeness (QED) is 0.218. The van der Waals surface area contributed by atoms with E-state index in [1.165, 1.54) is 23.1 Å². The van der Waals surface area contributed by atoms with Crippen molar-refractivity contribution in [1.29, 1.82) is 0 Å². The zero-order chi connectivity index (χ0) is 25.0. The van der Waals surface area contributed by atoms with E-state index in [0.717, 1.165) is 21.3 Å². The predicted molar refractivity (Wildman–Crippen MR) is 143 cm³/mol. The highest BCUT2D eigenvalue weighted by Gasteiger charge is 2.45. The molecule has 3 aromatic carbocycles. The van der Waals surface area contributed by atoms with Crippen LogP contribution in [-0.2, 0) is 4.79 Å². The number of hydrogen-bond acceptors (Lipinski definition) is 7. The molecule has 4 rings (SSSR count). The third kappa shape index (κ3) is 5.24. The third-order valence-electron chi connectivity index (χ3n) is 5.94. The summed E-state index contributed by atoms with van der Waals surface area (Å²) in [4.78, 5) is 30.5. The molecular weight excluding hydrogens is 480 g/mol. The van der Waals surface area contributed by atoms with Gasteiger partial charge in [0.1, 0.15) is 6.61 Å². The summed E-state index contributed by atoms with van der Waals surface area (Å²) >= 11 is 2.83. The molecule has 0 aliphatic heterocycles. The highest BCUT2D eigenvalue weighted by molar-refractivity contribution is 7.99. The van der Waals surface area contributed by atoms with Gasteiger partial charge >= 0.3 is 5.97 Å². The summed E-state index contributed by atoms with van der Waals surface area (Å²) in [5.41, 5.74) is 7.92. The van der Waals surface area contributed by atoms with Crippen molar-refractivity contribution in [2.75, 3.05) is 12.9 Å². The van der Waals surface area contributed by atoms with Crippen molar-refractivity contribution in [3.63, 3.8) is 0 Å². The standard InChI is InChI=1S/C27H26N2O4S2/c1-17-9-3-4-10-19(17)20-11-5-6-12-21(20)24(30)27(28,25(31)32)15-18(34-2)16-33-26-29-22-13-7-8-14-23(22)35-26/h3-14,18H,15-16,28H2,1-2H3,(H,31,32)/t18?,27-/m1/s1. The van der Waals surface area contributed by atoms with Gasteiger partial charge in [0.05, 0.1) is 10.2 Å². The first-order chi connectivity index (χ1) is 16.8. The van der Waals surface area contributed by atoms with Gasteiger partial charge in [-0.05, 0) is 48.4 Å². The predicted octanol–water partition coefficient (Wildman–Crippen LogP) is 5.44. The molecule has 1 unspecified atom stereocenters. The number of carboxylic acids is 1. The Morgan fingerprint density at radius 3 is 2.40 bits per heavy atom. The maximum atomic E-state index is 13.7. The van der Waals surface area contributed by atoms with Crippen LogP contribution in [0, 0.1) is 6.92 Å². The Morgan fingerprint density at radius 2 is 1.71 bits per heavy atom. The molecule has 0 amide bonds. The molecule has 1 heterocycles. The van der Waals surface area contributed by atoms with E-state index < -0.39 is 17.3 Å². The van der Waals surface area contributed by atoms with Gasteiger partial charge < -0.3 is 15.6 Å². The molecule has 8 heteroatoms. The number of aryl methyl sites for hydroxylation is 1. The van der Waals surface area contributed by atoms with Crippen molar-refractivity contribution in [2.24, 2.45) is 5.73 Å². The number of thiazole rings is 1. The van der Waals surface area contributed by atoms with Crippen LogP contribution in [0.15, 0.2) is 72.8 Å². The summed E-state index contributed by atoms with van der Waals surface area (Å²) < 4.78 is 6.90. The Balaban J connectivity index is 1.58. The number of nitrogens with zero attached hydrogens (tertiary/aromatic N) is 1. The van der Waals surface area contributed by atoms with Gasteiger partial charge in [-0.25, -0.2) is 9.78 Å². The van der Waals surface area contributed by atoms with Gasteiger partial charge in [0.15, 0.2) is 11.3 Å². The minimum absolute atomic E-state index is 0.0880. The van der Waals surface area contributed by atoms with Gasteiger partial charge in [0.25, 0.3) is 5.19 Å². The minimum atomic E-state index is -2.11. The lowest BCUT2D eigenvalue weighted by atomic mass is 9.82. The number of benzene rings is 3. The van der Waals surface area contributed by atoms with Crippen LogP contribution in [-0.4, -0.2) is 45.5 Å². The van der Waals surface area contributed by atoms with Crippen molar-refractivity contribution in [2.45, 2.75) is 24.1 Å². The van der Waals surface area contributed by atoms with E-state index in [9.17, 15) is 14.7 Å². The number of hydrogen-bond donors (Lipinski definition) is 2. The molecule has 6 nitrogen and oxygen atoms in total. The van der Waals surface area contributed by atoms with E-state index in [2.05, 4.69) is 4.98 Å². The Hall–Kier alpha value is -3.20. The van der Waals surface area contributed by atoms with Crippen molar-refractivity contribution in [3.05, 3.63) is 83.9 Å². The number of fused-ring (bicyclic) bond motifs is 1. The van der Waals surface area contributed by atoms with Crippen LogP contribution in [0.25, 0.3) is 21.3 Å². The zero-order valence-corrected chi connectivity index (χ0v) is 21.1. The van der Waals surface area contributed by atoms with E-state index >= 15 is 0 Å². The molecule has 0 spiro atoms. The van der Waals surface area contributed by atoms with Crippen LogP contribution >= 0.6 is 23.1 Å². The van der Waals surface area contributed by atoms with Gasteiger partial charge in [-0.3, -0.25) is 4.79 Å². The molecule has 3 N–H and O–H groups in total. The number of aromatic nitrogens is 1. The summed E-state index contributed by atoms with van der Waals surface area (Å²) in [5.74, 6) is -1.98. The van der Waals surface area contributed by atoms with Gasteiger partial charge in [0, 0.05) is 10.8 Å². The van der Waals surface area contributed by atoms with Crippen molar-refractivity contribution >= 4 is 45.1 Å². The molecule has 0 radical (unpaired) electrons. The molecule has 0 saturated carbocycles. The number of thioether (sulfide) groups is 1. The second-order valence-electron chi connectivity index (χ2n) is 8.29. The highest BCUT2D eigenvalue weighted by atomic mass is 32.2. The van der Waals surface area contributed by atoms with E-state index in [1.807, 2.05) is 73.8 Å². The number of aliphatic carboxylic acids is 1. The van der Waals surface area contributed by atoms with Gasteiger partial charge in [-0.2, -0.15) is 11.8 Å². The highest BCUT2D eigenvalue weighted by Crippen LogP contribution is 2.32. The average molecular weight is 507 g/mol. The molecule has 0 aliphatic rings. The molecule has 0 bridgehead atoms. The van der Waals surface area contributed by atoms with Gasteiger partial charge in [-0.1, -0.05) is 72.0 Å². The number of rotatable bonds is 10. The number of ether oxygens (including phenoxy) is 1. The summed E-state index contributed by atoms with van der Waals surface area (Å²) in [5, 5.41) is 10.3. The van der Waals surface area contributed by atoms with E-state index in [1.54, 1.807) is 12.1 Å². The second-order valence-corrected chi connectivity index (χ2v) is 10.4. The Kier molecular flexibility index (Phi) is 7.54. The number of carboxylic acid groups (broad SMARTS) is 1. The Labute approximate surface area is 212 Å². The molecule has 0 aliphatic carbocycles. The van der Waals surface area contributed by atoms with Gasteiger partial charge in [-0.15, -0.1) is 0 Å². The summed E-state index contributed by atoms with van der Waals surface area (Å²) in [6, 6.07) is 22.4. The molecule has 4 aromatic rings. The van der Waals surface area contributed by atoms with Crippen molar-refractivity contribution in [1.82, 2.24) is 4.98 Å². The van der Waals surface area contributed by atoms with Crippen LogP contribution < -0.4 is 10.5 Å². The summed E-state index contributed by atoms with van der Waals surface area (Å²) in [7, 11) is 0. The lowest BCUT2D eigenvalue weighted by molar-refractivity contribution is -0.141. The minimum Gasteiger partial charge on any atom is -0.480 e. The van der Waals surface area contributed by atoms with Crippen LogP contribution in [0.2, 0.25) is 0 Å². The summed E-state index contributed by atoms with van der Waals surface area (Å²) in [6.45, 7) is 2.13. The normalized spacial score (nSPS) is 13.8. The largest absolute Gasteiger partial charge is 0.480 e. The van der Waals surface area contributed by atoms with Crippen LogP contribution in [0.5, 0.6) is 5.19 Å².